The van der Waals surface area contributed by atoms with E-state index in [-0.39, 0.29) is 24.1 Å². The molecule has 29 heavy (non-hydrogen) atoms. The zero-order chi connectivity index (χ0) is 20.4. The average molecular weight is 388 g/mol. The maximum Gasteiger partial charge on any atom is 0.291 e. The number of hydrogen-bond donors (Lipinski definition) is 2. The summed E-state index contributed by atoms with van der Waals surface area (Å²) in [6.07, 6.45) is 3.38. The number of amides is 1. The molecule has 0 saturated carbocycles. The minimum Gasteiger partial charge on any atom is -0.352 e. The highest BCUT2D eigenvalue weighted by Gasteiger charge is 2.14. The van der Waals surface area contributed by atoms with E-state index in [1.165, 1.54) is 10.2 Å². The fourth-order valence-electron chi connectivity index (χ4n) is 3.61. The van der Waals surface area contributed by atoms with Crippen LogP contribution in [-0.4, -0.2) is 26.7 Å². The number of nitrogens with zero attached hydrogens (tertiary/aromatic N) is 2. The number of fused-ring (bicyclic) bond motifs is 3. The van der Waals surface area contributed by atoms with Gasteiger partial charge in [0.2, 0.25) is 5.91 Å². The van der Waals surface area contributed by atoms with Crippen LogP contribution in [0.5, 0.6) is 0 Å². The van der Waals surface area contributed by atoms with Gasteiger partial charge in [0.15, 0.2) is 0 Å². The molecule has 2 aromatic carbocycles. The lowest BCUT2D eigenvalue weighted by Gasteiger charge is -2.14. The molecule has 0 bridgehead atoms. The number of benzene rings is 2. The fourth-order valence-corrected chi connectivity index (χ4v) is 3.61. The van der Waals surface area contributed by atoms with E-state index in [4.69, 9.17) is 0 Å². The molecule has 4 aromatic rings. The smallest absolute Gasteiger partial charge is 0.291 e. The maximum atomic E-state index is 12.8. The third-order valence-corrected chi connectivity index (χ3v) is 5.18. The van der Waals surface area contributed by atoms with Crippen molar-refractivity contribution in [3.05, 3.63) is 76.2 Å². The van der Waals surface area contributed by atoms with Gasteiger partial charge in [-0.15, -0.1) is 0 Å². The van der Waals surface area contributed by atoms with Gasteiger partial charge in [-0.1, -0.05) is 42.0 Å². The zero-order valence-corrected chi connectivity index (χ0v) is 16.6. The zero-order valence-electron chi connectivity index (χ0n) is 16.6. The van der Waals surface area contributed by atoms with Crippen LogP contribution in [0.25, 0.3) is 21.8 Å². The van der Waals surface area contributed by atoms with Crippen molar-refractivity contribution in [1.29, 1.82) is 0 Å². The molecule has 0 aliphatic carbocycles. The van der Waals surface area contributed by atoms with Gasteiger partial charge in [-0.2, -0.15) is 5.10 Å². The molecule has 6 nitrogen and oxygen atoms in total. The van der Waals surface area contributed by atoms with Crippen LogP contribution in [0.15, 0.2) is 59.5 Å². The van der Waals surface area contributed by atoms with Crippen LogP contribution in [0.3, 0.4) is 0 Å². The molecule has 0 saturated heterocycles. The quantitative estimate of drug-likeness (QED) is 0.532. The summed E-state index contributed by atoms with van der Waals surface area (Å²) in [5.41, 5.74) is 3.44. The van der Waals surface area contributed by atoms with Gasteiger partial charge in [-0.05, 0) is 44.4 Å². The van der Waals surface area contributed by atoms with Crippen molar-refractivity contribution in [3.8, 4) is 0 Å². The van der Waals surface area contributed by atoms with Gasteiger partial charge in [0.05, 0.1) is 6.20 Å². The first-order valence-electron chi connectivity index (χ1n) is 9.83. The standard InChI is InChI=1S/C23H24N4O2/c1-15-8-11-20-18(12-15)19-13-24-27(23(29)22(19)26-20)14-21(28)25-16(2)9-10-17-6-4-3-5-7-17/h3-8,11-13,16,26H,9-10,14H2,1-2H3,(H,25,28). The Balaban J connectivity index is 1.46. The van der Waals surface area contributed by atoms with Gasteiger partial charge in [0, 0.05) is 22.3 Å². The first-order valence-corrected chi connectivity index (χ1v) is 9.83. The minimum atomic E-state index is -0.288. The Labute approximate surface area is 168 Å². The Kier molecular flexibility index (Phi) is 5.16. The van der Waals surface area contributed by atoms with Crippen LogP contribution in [0, 0.1) is 6.92 Å². The number of carbonyl (C=O) groups is 1. The van der Waals surface area contributed by atoms with Crippen molar-refractivity contribution < 1.29 is 4.79 Å². The van der Waals surface area contributed by atoms with Crippen LogP contribution in [0.1, 0.15) is 24.5 Å². The largest absolute Gasteiger partial charge is 0.352 e. The van der Waals surface area contributed by atoms with Crippen LogP contribution >= 0.6 is 0 Å². The SMILES string of the molecule is Cc1ccc2[nH]c3c(=O)n(CC(=O)NC(C)CCc4ccccc4)ncc3c2c1. The van der Waals surface area contributed by atoms with E-state index in [1.54, 1.807) is 6.20 Å². The fraction of sp³-hybridized carbons (Fsp3) is 0.261. The lowest BCUT2D eigenvalue weighted by Crippen LogP contribution is -2.38. The van der Waals surface area contributed by atoms with Crippen LogP contribution in [0.2, 0.25) is 0 Å². The summed E-state index contributed by atoms with van der Waals surface area (Å²) in [6.45, 7) is 3.88. The molecule has 0 aliphatic rings. The van der Waals surface area contributed by atoms with Crippen molar-refractivity contribution in [1.82, 2.24) is 20.1 Å². The predicted octanol–water partition coefficient (Wildman–Crippen LogP) is 3.32. The molecule has 6 heteroatoms. The second-order valence-electron chi connectivity index (χ2n) is 7.56. The van der Waals surface area contributed by atoms with Gasteiger partial charge in [0.1, 0.15) is 12.1 Å². The summed E-state index contributed by atoms with van der Waals surface area (Å²) < 4.78 is 1.21. The predicted molar refractivity (Wildman–Crippen MR) is 115 cm³/mol. The molecule has 2 heterocycles. The second-order valence-corrected chi connectivity index (χ2v) is 7.56. The molecule has 4 rings (SSSR count). The maximum absolute atomic E-state index is 12.8. The number of H-pyrrole nitrogens is 1. The van der Waals surface area contributed by atoms with Gasteiger partial charge in [-0.3, -0.25) is 9.59 Å². The Morgan fingerprint density at radius 2 is 1.97 bits per heavy atom. The Morgan fingerprint density at radius 1 is 1.17 bits per heavy atom. The Hall–Kier alpha value is -3.41. The average Bonchev–Trinajstić information content (AvgIpc) is 3.08. The lowest BCUT2D eigenvalue weighted by molar-refractivity contribution is -0.122. The third-order valence-electron chi connectivity index (χ3n) is 5.18. The highest BCUT2D eigenvalue weighted by Crippen LogP contribution is 2.23. The van der Waals surface area contributed by atoms with Crippen molar-refractivity contribution in [2.45, 2.75) is 39.3 Å². The highest BCUT2D eigenvalue weighted by atomic mass is 16.2. The highest BCUT2D eigenvalue weighted by molar-refractivity contribution is 6.06. The molecule has 2 aromatic heterocycles. The number of aromatic nitrogens is 3. The Morgan fingerprint density at radius 3 is 2.76 bits per heavy atom. The number of aromatic amines is 1. The molecular weight excluding hydrogens is 364 g/mol. The van der Waals surface area contributed by atoms with Gasteiger partial charge in [-0.25, -0.2) is 4.68 Å². The molecule has 1 atom stereocenters. The van der Waals surface area contributed by atoms with E-state index in [0.717, 1.165) is 34.7 Å². The summed E-state index contributed by atoms with van der Waals surface area (Å²) >= 11 is 0. The number of aryl methyl sites for hydroxylation is 2. The molecule has 2 N–H and O–H groups in total. The van der Waals surface area contributed by atoms with E-state index < -0.39 is 0 Å². The first kappa shape index (κ1) is 18.9. The molecule has 0 radical (unpaired) electrons. The van der Waals surface area contributed by atoms with Crippen LogP contribution < -0.4 is 10.9 Å². The number of nitrogens with one attached hydrogen (secondary N) is 2. The van der Waals surface area contributed by atoms with Crippen molar-refractivity contribution in [3.63, 3.8) is 0 Å². The van der Waals surface area contributed by atoms with Crippen molar-refractivity contribution >= 4 is 27.7 Å². The summed E-state index contributed by atoms with van der Waals surface area (Å²) in [4.78, 5) is 28.4. The monoisotopic (exact) mass is 388 g/mol. The van der Waals surface area contributed by atoms with Gasteiger partial charge < -0.3 is 10.3 Å². The number of hydrogen-bond acceptors (Lipinski definition) is 3. The minimum absolute atomic E-state index is 0.0122. The first-order chi connectivity index (χ1) is 14.0. The second kappa shape index (κ2) is 7.91. The summed E-state index contributed by atoms with van der Waals surface area (Å²) in [5, 5.41) is 8.93. The molecule has 0 fully saturated rings. The summed E-state index contributed by atoms with van der Waals surface area (Å²) in [6, 6.07) is 16.2. The lowest BCUT2D eigenvalue weighted by atomic mass is 10.1. The molecule has 1 amide bonds. The molecule has 148 valence electrons. The summed E-state index contributed by atoms with van der Waals surface area (Å²) in [7, 11) is 0. The van der Waals surface area contributed by atoms with Crippen molar-refractivity contribution in [2.75, 3.05) is 0 Å². The van der Waals surface area contributed by atoms with Crippen LogP contribution in [0.4, 0.5) is 0 Å². The van der Waals surface area contributed by atoms with Crippen molar-refractivity contribution in [2.24, 2.45) is 0 Å². The third kappa shape index (κ3) is 4.06. The molecule has 1 unspecified atom stereocenters. The molecule has 0 spiro atoms. The topological polar surface area (TPSA) is 79.8 Å². The molecule has 0 aliphatic heterocycles. The number of carbonyl (C=O) groups excluding carboxylic acids is 1. The van der Waals surface area contributed by atoms with Crippen LogP contribution in [-0.2, 0) is 17.8 Å². The van der Waals surface area contributed by atoms with Gasteiger partial charge in [0.25, 0.3) is 5.56 Å². The Bertz CT molecular complexity index is 1220. The number of rotatable bonds is 6. The van der Waals surface area contributed by atoms with E-state index >= 15 is 0 Å². The van der Waals surface area contributed by atoms with E-state index in [2.05, 4.69) is 27.5 Å². The van der Waals surface area contributed by atoms with Gasteiger partial charge >= 0.3 is 0 Å². The van der Waals surface area contributed by atoms with E-state index in [0.29, 0.717) is 5.52 Å². The summed E-state index contributed by atoms with van der Waals surface area (Å²) in [5.74, 6) is -0.216. The van der Waals surface area contributed by atoms with E-state index in [1.807, 2.05) is 50.2 Å². The molecular formula is C23H24N4O2. The van der Waals surface area contributed by atoms with E-state index in [9.17, 15) is 9.59 Å². The normalized spacial score (nSPS) is 12.3.